The Kier molecular flexibility index (Phi) is 4.47. The molecule has 1 aromatic carbocycles. The van der Waals surface area contributed by atoms with Gasteiger partial charge in [0, 0.05) is 43.3 Å². The standard InChI is InChI=1S/C14H19BrN2O2/c1-10(18)13-4-3-12(9-14(13)15)17-7-5-16(6-8-17)11(2)19/h3-4,9-10,18H,5-8H2,1-2H3/t10-/m1/s1. The van der Waals surface area contributed by atoms with E-state index in [-0.39, 0.29) is 5.91 Å². The molecular weight excluding hydrogens is 308 g/mol. The second kappa shape index (κ2) is 5.92. The number of aliphatic hydroxyl groups is 1. The second-order valence-electron chi connectivity index (χ2n) is 4.87. The highest BCUT2D eigenvalue weighted by molar-refractivity contribution is 9.10. The van der Waals surface area contributed by atoms with Crippen LogP contribution in [0.2, 0.25) is 0 Å². The van der Waals surface area contributed by atoms with Gasteiger partial charge in [-0.25, -0.2) is 0 Å². The van der Waals surface area contributed by atoms with Crippen molar-refractivity contribution in [1.82, 2.24) is 4.90 Å². The quantitative estimate of drug-likeness (QED) is 0.905. The van der Waals surface area contributed by atoms with Crippen molar-refractivity contribution < 1.29 is 9.90 Å². The van der Waals surface area contributed by atoms with Crippen molar-refractivity contribution in [3.05, 3.63) is 28.2 Å². The predicted octanol–water partition coefficient (Wildman–Crippen LogP) is 2.17. The highest BCUT2D eigenvalue weighted by Gasteiger charge is 2.19. The molecule has 1 aliphatic rings. The van der Waals surface area contributed by atoms with E-state index in [0.717, 1.165) is 41.9 Å². The Balaban J connectivity index is 2.08. The van der Waals surface area contributed by atoms with Crippen LogP contribution in [0.5, 0.6) is 0 Å². The first kappa shape index (κ1) is 14.3. The molecule has 1 aromatic rings. The predicted molar refractivity (Wildman–Crippen MR) is 79.2 cm³/mol. The molecule has 0 radical (unpaired) electrons. The van der Waals surface area contributed by atoms with Crippen LogP contribution in [0.1, 0.15) is 25.5 Å². The van der Waals surface area contributed by atoms with Crippen LogP contribution in [-0.4, -0.2) is 42.1 Å². The van der Waals surface area contributed by atoms with E-state index < -0.39 is 6.10 Å². The summed E-state index contributed by atoms with van der Waals surface area (Å²) >= 11 is 3.50. The van der Waals surface area contributed by atoms with Crippen molar-refractivity contribution in [2.45, 2.75) is 20.0 Å². The monoisotopic (exact) mass is 326 g/mol. The summed E-state index contributed by atoms with van der Waals surface area (Å²) in [6.07, 6.45) is -0.474. The molecule has 1 amide bonds. The number of amides is 1. The number of aliphatic hydroxyl groups excluding tert-OH is 1. The molecule has 1 atom stereocenters. The smallest absolute Gasteiger partial charge is 0.219 e. The first-order chi connectivity index (χ1) is 8.99. The van der Waals surface area contributed by atoms with Crippen LogP contribution in [0.4, 0.5) is 5.69 Å². The molecule has 4 nitrogen and oxygen atoms in total. The van der Waals surface area contributed by atoms with Crippen LogP contribution >= 0.6 is 15.9 Å². The number of carbonyl (C=O) groups is 1. The van der Waals surface area contributed by atoms with Crippen LogP contribution in [0.25, 0.3) is 0 Å². The molecule has 1 N–H and O–H groups in total. The molecule has 0 unspecified atom stereocenters. The van der Waals surface area contributed by atoms with Gasteiger partial charge in [-0.15, -0.1) is 0 Å². The zero-order valence-electron chi connectivity index (χ0n) is 11.3. The number of hydrogen-bond donors (Lipinski definition) is 1. The number of hydrogen-bond acceptors (Lipinski definition) is 3. The fourth-order valence-electron chi connectivity index (χ4n) is 2.33. The molecule has 0 spiro atoms. The average Bonchev–Trinajstić information content (AvgIpc) is 2.38. The van der Waals surface area contributed by atoms with Crippen molar-refractivity contribution in [3.63, 3.8) is 0 Å². The lowest BCUT2D eigenvalue weighted by Gasteiger charge is -2.35. The molecule has 5 heteroatoms. The van der Waals surface area contributed by atoms with Gasteiger partial charge in [0.25, 0.3) is 0 Å². The average molecular weight is 327 g/mol. The summed E-state index contributed by atoms with van der Waals surface area (Å²) in [5, 5.41) is 9.61. The molecule has 0 aliphatic carbocycles. The van der Waals surface area contributed by atoms with Crippen molar-refractivity contribution >= 4 is 27.5 Å². The van der Waals surface area contributed by atoms with Gasteiger partial charge in [-0.3, -0.25) is 4.79 Å². The van der Waals surface area contributed by atoms with Crippen molar-refractivity contribution in [3.8, 4) is 0 Å². The molecule has 104 valence electrons. The molecule has 0 saturated carbocycles. The van der Waals surface area contributed by atoms with Crippen molar-refractivity contribution in [1.29, 1.82) is 0 Å². The minimum absolute atomic E-state index is 0.144. The zero-order valence-corrected chi connectivity index (χ0v) is 12.9. The summed E-state index contributed by atoms with van der Waals surface area (Å²) in [5.74, 6) is 0.144. The third-order valence-corrected chi connectivity index (χ3v) is 4.21. The van der Waals surface area contributed by atoms with Gasteiger partial charge in [-0.2, -0.15) is 0 Å². The van der Waals surface area contributed by atoms with Gasteiger partial charge in [0.05, 0.1) is 6.10 Å². The lowest BCUT2D eigenvalue weighted by atomic mass is 10.1. The van der Waals surface area contributed by atoms with Crippen LogP contribution in [0, 0.1) is 0 Å². The fourth-order valence-corrected chi connectivity index (χ4v) is 3.03. The Morgan fingerprint density at radius 2 is 1.95 bits per heavy atom. The topological polar surface area (TPSA) is 43.8 Å². The van der Waals surface area contributed by atoms with E-state index >= 15 is 0 Å². The van der Waals surface area contributed by atoms with Crippen LogP contribution in [0.3, 0.4) is 0 Å². The summed E-state index contributed by atoms with van der Waals surface area (Å²) in [6, 6.07) is 6.00. The minimum Gasteiger partial charge on any atom is -0.389 e. The maximum absolute atomic E-state index is 11.3. The van der Waals surface area contributed by atoms with E-state index in [1.807, 2.05) is 23.1 Å². The van der Waals surface area contributed by atoms with E-state index in [1.54, 1.807) is 13.8 Å². The fraction of sp³-hybridized carbons (Fsp3) is 0.500. The van der Waals surface area contributed by atoms with Gasteiger partial charge in [0.2, 0.25) is 5.91 Å². The lowest BCUT2D eigenvalue weighted by Crippen LogP contribution is -2.48. The molecule has 19 heavy (non-hydrogen) atoms. The summed E-state index contributed by atoms with van der Waals surface area (Å²) < 4.78 is 0.925. The summed E-state index contributed by atoms with van der Waals surface area (Å²) in [6.45, 7) is 6.60. The lowest BCUT2D eigenvalue weighted by molar-refractivity contribution is -0.129. The first-order valence-electron chi connectivity index (χ1n) is 6.47. The highest BCUT2D eigenvalue weighted by atomic mass is 79.9. The van der Waals surface area contributed by atoms with Gasteiger partial charge >= 0.3 is 0 Å². The molecule has 1 fully saturated rings. The largest absolute Gasteiger partial charge is 0.389 e. The maximum atomic E-state index is 11.3. The Hall–Kier alpha value is -1.07. The van der Waals surface area contributed by atoms with Gasteiger partial charge in [-0.05, 0) is 24.6 Å². The van der Waals surface area contributed by atoms with Gasteiger partial charge in [0.1, 0.15) is 0 Å². The number of halogens is 1. The summed E-state index contributed by atoms with van der Waals surface area (Å²) in [5.41, 5.74) is 2.02. The third kappa shape index (κ3) is 3.28. The Morgan fingerprint density at radius 3 is 2.42 bits per heavy atom. The molecule has 1 aliphatic heterocycles. The number of carbonyl (C=O) groups excluding carboxylic acids is 1. The van der Waals surface area contributed by atoms with E-state index in [1.165, 1.54) is 0 Å². The first-order valence-corrected chi connectivity index (χ1v) is 7.26. The highest BCUT2D eigenvalue weighted by Crippen LogP contribution is 2.28. The van der Waals surface area contributed by atoms with Gasteiger partial charge in [0.15, 0.2) is 0 Å². The molecule has 1 saturated heterocycles. The normalized spacial score (nSPS) is 17.5. The number of piperazine rings is 1. The maximum Gasteiger partial charge on any atom is 0.219 e. The van der Waals surface area contributed by atoms with E-state index in [9.17, 15) is 9.90 Å². The number of rotatable bonds is 2. The summed E-state index contributed by atoms with van der Waals surface area (Å²) in [4.78, 5) is 15.4. The minimum atomic E-state index is -0.474. The molecule has 2 rings (SSSR count). The molecule has 1 heterocycles. The Morgan fingerprint density at radius 1 is 1.32 bits per heavy atom. The van der Waals surface area contributed by atoms with Crippen molar-refractivity contribution in [2.75, 3.05) is 31.1 Å². The van der Waals surface area contributed by atoms with Gasteiger partial charge in [-0.1, -0.05) is 22.0 Å². The van der Waals surface area contributed by atoms with E-state index in [0.29, 0.717) is 0 Å². The third-order valence-electron chi connectivity index (χ3n) is 3.52. The van der Waals surface area contributed by atoms with Crippen LogP contribution < -0.4 is 4.90 Å². The Bertz CT molecular complexity index is 469. The van der Waals surface area contributed by atoms with Crippen molar-refractivity contribution in [2.24, 2.45) is 0 Å². The van der Waals surface area contributed by atoms with Crippen LogP contribution in [-0.2, 0) is 4.79 Å². The van der Waals surface area contributed by atoms with Gasteiger partial charge < -0.3 is 14.9 Å². The van der Waals surface area contributed by atoms with E-state index in [2.05, 4.69) is 20.8 Å². The summed E-state index contributed by atoms with van der Waals surface area (Å²) in [7, 11) is 0. The molecular formula is C14H19BrN2O2. The number of anilines is 1. The zero-order chi connectivity index (χ0) is 14.0. The SMILES string of the molecule is CC(=O)N1CCN(c2ccc([C@@H](C)O)c(Br)c2)CC1. The van der Waals surface area contributed by atoms with E-state index in [4.69, 9.17) is 0 Å². The molecule has 0 aromatic heterocycles. The number of benzene rings is 1. The number of nitrogens with zero attached hydrogens (tertiary/aromatic N) is 2. The van der Waals surface area contributed by atoms with Crippen LogP contribution in [0.15, 0.2) is 22.7 Å². The second-order valence-corrected chi connectivity index (χ2v) is 5.73. The Labute approximate surface area is 122 Å². The molecule has 0 bridgehead atoms.